The van der Waals surface area contributed by atoms with Gasteiger partial charge in [-0.1, -0.05) is 99.5 Å². The molecule has 0 N–H and O–H groups in total. The molecule has 0 aliphatic heterocycles. The molecule has 0 aromatic heterocycles. The lowest BCUT2D eigenvalue weighted by molar-refractivity contribution is 0.152. The fourth-order valence-corrected chi connectivity index (χ4v) is 4.26. The number of hydrogen-bond acceptors (Lipinski definition) is 3. The molecular weight excluding hydrogens is 444 g/mol. The van der Waals surface area contributed by atoms with Gasteiger partial charge in [-0.3, -0.25) is 0 Å². The van der Waals surface area contributed by atoms with Crippen LogP contribution >= 0.6 is 0 Å². The van der Waals surface area contributed by atoms with Gasteiger partial charge in [0, 0.05) is 0 Å². The van der Waals surface area contributed by atoms with Gasteiger partial charge in [0.25, 0.3) is 0 Å². The molecule has 3 heteroatoms. The van der Waals surface area contributed by atoms with Crippen molar-refractivity contribution in [3.63, 3.8) is 0 Å². The Kier molecular flexibility index (Phi) is 8.93. The average Bonchev–Trinajstić information content (AvgIpc) is 2.89. The minimum atomic E-state index is -0.742. The summed E-state index contributed by atoms with van der Waals surface area (Å²) >= 11 is 0. The molecule has 0 aliphatic rings. The highest BCUT2D eigenvalue weighted by Gasteiger charge is 2.09. The zero-order valence-electron chi connectivity index (χ0n) is 21.2. The van der Waals surface area contributed by atoms with Gasteiger partial charge in [-0.2, -0.15) is 0 Å². The van der Waals surface area contributed by atoms with Crippen molar-refractivity contribution < 1.29 is 14.3 Å². The normalized spacial score (nSPS) is 10.7. The molecule has 0 radical (unpaired) electrons. The summed E-state index contributed by atoms with van der Waals surface area (Å²) in [5.74, 6) is 0.926. The van der Waals surface area contributed by atoms with Crippen molar-refractivity contribution in [3.05, 3.63) is 130 Å². The maximum Gasteiger partial charge on any atom is 0.519 e. The largest absolute Gasteiger partial charge is 0.519 e. The first-order valence-corrected chi connectivity index (χ1v) is 12.8. The van der Waals surface area contributed by atoms with Gasteiger partial charge in [-0.05, 0) is 83.3 Å². The predicted octanol–water partition coefficient (Wildman–Crippen LogP) is 8.35. The number of aryl methyl sites for hydroxylation is 2. The van der Waals surface area contributed by atoms with E-state index in [2.05, 4.69) is 62.4 Å². The summed E-state index contributed by atoms with van der Waals surface area (Å²) in [5, 5.41) is 0. The summed E-state index contributed by atoms with van der Waals surface area (Å²) in [6.45, 7) is 4.39. The molecule has 0 aliphatic carbocycles. The Balaban J connectivity index is 1.26. The Morgan fingerprint density at radius 3 is 1.06 bits per heavy atom. The molecule has 0 atom stereocenters. The van der Waals surface area contributed by atoms with E-state index in [0.29, 0.717) is 11.5 Å². The van der Waals surface area contributed by atoms with Crippen molar-refractivity contribution in [3.8, 4) is 11.5 Å². The summed E-state index contributed by atoms with van der Waals surface area (Å²) in [6, 6.07) is 32.6. The van der Waals surface area contributed by atoms with E-state index in [0.717, 1.165) is 49.7 Å². The second kappa shape index (κ2) is 12.7. The molecule has 0 saturated heterocycles. The van der Waals surface area contributed by atoms with Crippen LogP contribution in [0.15, 0.2) is 97.1 Å². The van der Waals surface area contributed by atoms with Crippen LogP contribution in [0.25, 0.3) is 0 Å². The van der Waals surface area contributed by atoms with Gasteiger partial charge < -0.3 is 9.47 Å². The van der Waals surface area contributed by atoms with Crippen LogP contribution in [0.5, 0.6) is 11.5 Å². The molecule has 3 nitrogen and oxygen atoms in total. The quantitative estimate of drug-likeness (QED) is 0.170. The van der Waals surface area contributed by atoms with Gasteiger partial charge in [0.2, 0.25) is 0 Å². The van der Waals surface area contributed by atoms with E-state index >= 15 is 0 Å². The van der Waals surface area contributed by atoms with Crippen LogP contribution in [0.4, 0.5) is 4.79 Å². The fourth-order valence-electron chi connectivity index (χ4n) is 4.26. The molecule has 0 fully saturated rings. The van der Waals surface area contributed by atoms with Crippen LogP contribution in [0.2, 0.25) is 0 Å². The Labute approximate surface area is 214 Å². The molecule has 0 spiro atoms. The molecule has 0 unspecified atom stereocenters. The lowest BCUT2D eigenvalue weighted by Gasteiger charge is -2.08. The van der Waals surface area contributed by atoms with E-state index in [-0.39, 0.29) is 0 Å². The van der Waals surface area contributed by atoms with Crippen LogP contribution in [0.1, 0.15) is 60.1 Å². The van der Waals surface area contributed by atoms with Crippen LogP contribution in [0.3, 0.4) is 0 Å². The van der Waals surface area contributed by atoms with Gasteiger partial charge in [-0.25, -0.2) is 4.79 Å². The number of carbonyl (C=O) groups is 1. The lowest BCUT2D eigenvalue weighted by Crippen LogP contribution is -2.13. The molecule has 0 amide bonds. The first kappa shape index (κ1) is 25.2. The molecule has 0 heterocycles. The van der Waals surface area contributed by atoms with Gasteiger partial charge in [0.15, 0.2) is 0 Å². The zero-order chi connectivity index (χ0) is 25.2. The highest BCUT2D eigenvalue weighted by atomic mass is 16.7. The molecule has 0 saturated carbocycles. The summed E-state index contributed by atoms with van der Waals surface area (Å²) < 4.78 is 10.7. The number of ether oxygens (including phenoxy) is 2. The number of benzene rings is 4. The molecule has 0 bridgehead atoms. The van der Waals surface area contributed by atoms with Crippen LogP contribution in [-0.4, -0.2) is 6.16 Å². The molecule has 36 heavy (non-hydrogen) atoms. The Hall–Kier alpha value is -3.85. The maximum absolute atomic E-state index is 12.3. The van der Waals surface area contributed by atoms with Gasteiger partial charge in [0.1, 0.15) is 11.5 Å². The van der Waals surface area contributed by atoms with Crippen LogP contribution in [0, 0.1) is 0 Å². The number of rotatable bonds is 10. The molecule has 184 valence electrons. The summed E-state index contributed by atoms with van der Waals surface area (Å²) in [5.41, 5.74) is 7.59. The van der Waals surface area contributed by atoms with Gasteiger partial charge in [-0.15, -0.1) is 0 Å². The first-order chi connectivity index (χ1) is 17.6. The molecule has 4 rings (SSSR count). The zero-order valence-corrected chi connectivity index (χ0v) is 21.2. The van der Waals surface area contributed by atoms with Crippen LogP contribution in [-0.2, 0) is 25.7 Å². The molecule has 4 aromatic rings. The molecular formula is C33H34O3. The van der Waals surface area contributed by atoms with E-state index in [1.165, 1.54) is 22.3 Å². The van der Waals surface area contributed by atoms with E-state index in [4.69, 9.17) is 9.47 Å². The van der Waals surface area contributed by atoms with E-state index in [9.17, 15) is 4.79 Å². The predicted molar refractivity (Wildman–Crippen MR) is 146 cm³/mol. The standard InChI is InChI=1S/C33H34O3/c1-3-5-25-7-11-27(12-8-25)23-29-15-19-31(20-16-29)35-33(34)36-32-21-17-30(18-22-32)24-28-13-9-26(6-4-2)10-14-28/h7-22H,3-6,23-24H2,1-2H3. The van der Waals surface area contributed by atoms with E-state index in [1.807, 2.05) is 24.3 Å². The van der Waals surface area contributed by atoms with Crippen molar-refractivity contribution in [1.82, 2.24) is 0 Å². The molecule has 4 aromatic carbocycles. The second-order valence-corrected chi connectivity index (χ2v) is 9.23. The Morgan fingerprint density at radius 1 is 0.472 bits per heavy atom. The van der Waals surface area contributed by atoms with E-state index < -0.39 is 6.16 Å². The number of carbonyl (C=O) groups excluding carboxylic acids is 1. The Morgan fingerprint density at radius 2 is 0.750 bits per heavy atom. The maximum atomic E-state index is 12.3. The van der Waals surface area contributed by atoms with Crippen LogP contribution < -0.4 is 9.47 Å². The fraction of sp³-hybridized carbons (Fsp3) is 0.242. The summed E-state index contributed by atoms with van der Waals surface area (Å²) in [6.07, 6.45) is 5.47. The van der Waals surface area contributed by atoms with Crippen molar-refractivity contribution in [2.45, 2.75) is 52.4 Å². The van der Waals surface area contributed by atoms with Crippen molar-refractivity contribution in [2.75, 3.05) is 0 Å². The number of hydrogen-bond donors (Lipinski definition) is 0. The second-order valence-electron chi connectivity index (χ2n) is 9.23. The monoisotopic (exact) mass is 478 g/mol. The third-order valence-electron chi connectivity index (χ3n) is 6.19. The first-order valence-electron chi connectivity index (χ1n) is 12.8. The van der Waals surface area contributed by atoms with Crippen molar-refractivity contribution in [1.29, 1.82) is 0 Å². The van der Waals surface area contributed by atoms with Crippen molar-refractivity contribution >= 4 is 6.16 Å². The third kappa shape index (κ3) is 7.58. The SMILES string of the molecule is CCCc1ccc(Cc2ccc(OC(=O)Oc3ccc(Cc4ccc(CCC)cc4)cc3)cc2)cc1. The van der Waals surface area contributed by atoms with Gasteiger partial charge in [0.05, 0.1) is 0 Å². The topological polar surface area (TPSA) is 35.5 Å². The highest BCUT2D eigenvalue weighted by Crippen LogP contribution is 2.19. The van der Waals surface area contributed by atoms with Gasteiger partial charge >= 0.3 is 6.16 Å². The smallest absolute Gasteiger partial charge is 0.395 e. The average molecular weight is 479 g/mol. The summed E-state index contributed by atoms with van der Waals surface area (Å²) in [4.78, 5) is 12.3. The van der Waals surface area contributed by atoms with Crippen molar-refractivity contribution in [2.24, 2.45) is 0 Å². The van der Waals surface area contributed by atoms with E-state index in [1.54, 1.807) is 24.3 Å². The minimum absolute atomic E-state index is 0.463. The minimum Gasteiger partial charge on any atom is -0.395 e. The third-order valence-corrected chi connectivity index (χ3v) is 6.19. The Bertz CT molecular complexity index is 1120. The summed E-state index contributed by atoms with van der Waals surface area (Å²) in [7, 11) is 0. The lowest BCUT2D eigenvalue weighted by atomic mass is 10.0. The highest BCUT2D eigenvalue weighted by molar-refractivity contribution is 5.67.